The second kappa shape index (κ2) is 5.57. The topological polar surface area (TPSA) is 95.9 Å². The van der Waals surface area contributed by atoms with E-state index in [2.05, 4.69) is 36.0 Å². The zero-order valence-corrected chi connectivity index (χ0v) is 13.7. The van der Waals surface area contributed by atoms with Crippen LogP contribution in [0.3, 0.4) is 0 Å². The Morgan fingerprint density at radius 1 is 1.17 bits per heavy atom. The molecule has 0 atom stereocenters. The van der Waals surface area contributed by atoms with Crippen LogP contribution in [-0.2, 0) is 0 Å². The largest absolute Gasteiger partial charge is 0.350 e. The third-order valence-electron chi connectivity index (χ3n) is 3.60. The molecule has 0 spiro atoms. The molecular weight excluding hydrogens is 374 g/mol. The van der Waals surface area contributed by atoms with Gasteiger partial charge in [0.25, 0.3) is 0 Å². The standard InChI is InChI=1S/C16H10BrN5O2/c17-10-3-4-12-11(6-10)13-14(20-12)15(23)22(16(24)21-13)19-8-9-2-1-5-18-7-9/h1-8,20H,(H,21,24). The highest BCUT2D eigenvalue weighted by molar-refractivity contribution is 9.10. The lowest BCUT2D eigenvalue weighted by atomic mass is 10.2. The Kier molecular flexibility index (Phi) is 3.39. The number of halogens is 1. The number of benzene rings is 1. The van der Waals surface area contributed by atoms with E-state index in [-0.39, 0.29) is 0 Å². The van der Waals surface area contributed by atoms with Crippen LogP contribution in [0.25, 0.3) is 21.9 Å². The number of rotatable bonds is 2. The molecule has 0 saturated heterocycles. The van der Waals surface area contributed by atoms with Crippen LogP contribution in [0.1, 0.15) is 5.56 Å². The maximum absolute atomic E-state index is 12.6. The Bertz CT molecular complexity index is 1200. The maximum atomic E-state index is 12.6. The Labute approximate surface area is 142 Å². The molecule has 0 unspecified atom stereocenters. The molecule has 0 bridgehead atoms. The summed E-state index contributed by atoms with van der Waals surface area (Å²) in [6.07, 6.45) is 4.63. The van der Waals surface area contributed by atoms with E-state index < -0.39 is 11.2 Å². The fourth-order valence-corrected chi connectivity index (χ4v) is 2.86. The van der Waals surface area contributed by atoms with Crippen LogP contribution in [-0.4, -0.2) is 25.8 Å². The molecule has 0 amide bonds. The summed E-state index contributed by atoms with van der Waals surface area (Å²) in [4.78, 5) is 34.5. The van der Waals surface area contributed by atoms with Crippen molar-refractivity contribution >= 4 is 44.1 Å². The van der Waals surface area contributed by atoms with Crippen LogP contribution in [0.2, 0.25) is 0 Å². The first kappa shape index (κ1) is 14.6. The lowest BCUT2D eigenvalue weighted by molar-refractivity contribution is 0.770. The number of H-pyrrole nitrogens is 2. The van der Waals surface area contributed by atoms with Crippen molar-refractivity contribution in [1.29, 1.82) is 0 Å². The normalized spacial score (nSPS) is 11.7. The minimum Gasteiger partial charge on any atom is -0.349 e. The molecule has 2 N–H and O–H groups in total. The SMILES string of the molecule is O=c1[nH]c2c([nH]c3ccc(Br)cc32)c(=O)n1N=Cc1cccnc1. The highest BCUT2D eigenvalue weighted by Gasteiger charge is 2.12. The molecule has 8 heteroatoms. The number of aromatic amines is 2. The summed E-state index contributed by atoms with van der Waals surface area (Å²) in [5.41, 5.74) is 1.09. The van der Waals surface area contributed by atoms with Gasteiger partial charge in [-0.25, -0.2) is 4.79 Å². The van der Waals surface area contributed by atoms with E-state index in [9.17, 15) is 9.59 Å². The molecule has 7 nitrogen and oxygen atoms in total. The number of aromatic nitrogens is 4. The first-order valence-corrected chi connectivity index (χ1v) is 7.83. The monoisotopic (exact) mass is 383 g/mol. The van der Waals surface area contributed by atoms with E-state index in [4.69, 9.17) is 0 Å². The van der Waals surface area contributed by atoms with Gasteiger partial charge in [-0.3, -0.25) is 9.78 Å². The summed E-state index contributed by atoms with van der Waals surface area (Å²) in [6.45, 7) is 0. The van der Waals surface area contributed by atoms with E-state index in [1.54, 1.807) is 24.5 Å². The van der Waals surface area contributed by atoms with Crippen molar-refractivity contribution < 1.29 is 0 Å². The molecular formula is C16H10BrN5O2. The smallest absolute Gasteiger partial charge is 0.349 e. The van der Waals surface area contributed by atoms with Crippen LogP contribution in [0, 0.1) is 0 Å². The fraction of sp³-hybridized carbons (Fsp3) is 0. The molecule has 0 fully saturated rings. The van der Waals surface area contributed by atoms with E-state index in [0.29, 0.717) is 16.6 Å². The van der Waals surface area contributed by atoms with Gasteiger partial charge in [-0.15, -0.1) is 4.68 Å². The predicted molar refractivity (Wildman–Crippen MR) is 95.6 cm³/mol. The molecule has 4 aromatic rings. The molecule has 3 heterocycles. The van der Waals surface area contributed by atoms with Gasteiger partial charge in [0.1, 0.15) is 5.52 Å². The summed E-state index contributed by atoms with van der Waals surface area (Å²) in [5, 5.41) is 4.74. The lowest BCUT2D eigenvalue weighted by Crippen LogP contribution is -2.32. The molecule has 3 aromatic heterocycles. The summed E-state index contributed by atoms with van der Waals surface area (Å²) in [7, 11) is 0. The van der Waals surface area contributed by atoms with Crippen LogP contribution in [0.5, 0.6) is 0 Å². The predicted octanol–water partition coefficient (Wildman–Crippen LogP) is 2.21. The van der Waals surface area contributed by atoms with Gasteiger partial charge in [0.15, 0.2) is 0 Å². The first-order chi connectivity index (χ1) is 11.6. The molecule has 4 rings (SSSR count). The first-order valence-electron chi connectivity index (χ1n) is 7.04. The number of pyridine rings is 1. The minimum absolute atomic E-state index is 0.297. The molecule has 0 aliphatic heterocycles. The van der Waals surface area contributed by atoms with Crippen molar-refractivity contribution in [2.24, 2.45) is 5.10 Å². The quantitative estimate of drug-likeness (QED) is 0.519. The summed E-state index contributed by atoms with van der Waals surface area (Å²) >= 11 is 3.39. The van der Waals surface area contributed by atoms with Crippen molar-refractivity contribution in [3.05, 3.63) is 73.6 Å². The number of hydrogen-bond donors (Lipinski definition) is 2. The Morgan fingerprint density at radius 3 is 2.83 bits per heavy atom. The van der Waals surface area contributed by atoms with Crippen LogP contribution in [0.4, 0.5) is 0 Å². The van der Waals surface area contributed by atoms with E-state index >= 15 is 0 Å². The maximum Gasteiger partial charge on any atom is 0.350 e. The molecule has 1 aromatic carbocycles. The lowest BCUT2D eigenvalue weighted by Gasteiger charge is -1.98. The average Bonchev–Trinajstić information content (AvgIpc) is 2.94. The van der Waals surface area contributed by atoms with Crippen molar-refractivity contribution in [3.63, 3.8) is 0 Å². The van der Waals surface area contributed by atoms with Gasteiger partial charge >= 0.3 is 11.2 Å². The minimum atomic E-state index is -0.603. The van der Waals surface area contributed by atoms with Crippen LogP contribution in [0.15, 0.2) is 61.9 Å². The number of nitrogens with one attached hydrogen (secondary N) is 2. The highest BCUT2D eigenvalue weighted by Crippen LogP contribution is 2.24. The van der Waals surface area contributed by atoms with Crippen molar-refractivity contribution in [3.8, 4) is 0 Å². The molecule has 0 radical (unpaired) electrons. The van der Waals surface area contributed by atoms with E-state index in [1.165, 1.54) is 6.21 Å². The summed E-state index contributed by atoms with van der Waals surface area (Å²) in [6, 6.07) is 9.05. The van der Waals surface area contributed by atoms with Crippen LogP contribution < -0.4 is 11.2 Å². The average molecular weight is 384 g/mol. The second-order valence-corrected chi connectivity index (χ2v) is 6.06. The number of fused-ring (bicyclic) bond motifs is 3. The summed E-state index contributed by atoms with van der Waals surface area (Å²) < 4.78 is 1.65. The summed E-state index contributed by atoms with van der Waals surface area (Å²) in [5.74, 6) is 0. The number of hydrogen-bond acceptors (Lipinski definition) is 4. The van der Waals surface area contributed by atoms with Crippen molar-refractivity contribution in [2.75, 3.05) is 0 Å². The third kappa shape index (κ3) is 2.37. The van der Waals surface area contributed by atoms with Gasteiger partial charge in [-0.2, -0.15) is 5.10 Å². The van der Waals surface area contributed by atoms with Crippen molar-refractivity contribution in [1.82, 2.24) is 19.6 Å². The third-order valence-corrected chi connectivity index (χ3v) is 4.09. The molecule has 24 heavy (non-hydrogen) atoms. The van der Waals surface area contributed by atoms with Gasteiger partial charge in [0.05, 0.1) is 11.7 Å². The molecule has 118 valence electrons. The van der Waals surface area contributed by atoms with Gasteiger partial charge in [0.2, 0.25) is 0 Å². The Hall–Kier alpha value is -3.00. The van der Waals surface area contributed by atoms with Gasteiger partial charge < -0.3 is 9.97 Å². The molecule has 0 aliphatic rings. The zero-order valence-electron chi connectivity index (χ0n) is 12.2. The fourth-order valence-electron chi connectivity index (χ4n) is 2.49. The zero-order chi connectivity index (χ0) is 16.7. The highest BCUT2D eigenvalue weighted by atomic mass is 79.9. The van der Waals surface area contributed by atoms with Gasteiger partial charge in [-0.05, 0) is 24.3 Å². The van der Waals surface area contributed by atoms with E-state index in [0.717, 1.165) is 20.1 Å². The van der Waals surface area contributed by atoms with Gasteiger partial charge in [0, 0.05) is 33.3 Å². The Morgan fingerprint density at radius 2 is 2.04 bits per heavy atom. The van der Waals surface area contributed by atoms with Crippen LogP contribution >= 0.6 is 15.9 Å². The van der Waals surface area contributed by atoms with E-state index in [1.807, 2.05) is 18.2 Å². The molecule has 0 aliphatic carbocycles. The van der Waals surface area contributed by atoms with Crippen molar-refractivity contribution in [2.45, 2.75) is 0 Å². The Balaban J connectivity index is 1.95. The molecule has 0 saturated carbocycles. The number of nitrogens with zero attached hydrogens (tertiary/aromatic N) is 3. The second-order valence-electron chi connectivity index (χ2n) is 5.14. The van der Waals surface area contributed by atoms with Gasteiger partial charge in [-0.1, -0.05) is 22.0 Å².